The molecule has 0 radical (unpaired) electrons. The highest BCUT2D eigenvalue weighted by atomic mass is 16.6. The fourth-order valence-electron chi connectivity index (χ4n) is 4.33. The van der Waals surface area contributed by atoms with Crippen LogP contribution in [0.2, 0.25) is 0 Å². The van der Waals surface area contributed by atoms with Gasteiger partial charge in [0.25, 0.3) is 0 Å². The summed E-state index contributed by atoms with van der Waals surface area (Å²) in [7, 11) is 1.62. The Balaban J connectivity index is 1.15. The van der Waals surface area contributed by atoms with Gasteiger partial charge >= 0.3 is 6.09 Å². The van der Waals surface area contributed by atoms with E-state index in [1.54, 1.807) is 30.3 Å². The van der Waals surface area contributed by atoms with Crippen LogP contribution in [0.15, 0.2) is 60.8 Å². The van der Waals surface area contributed by atoms with Crippen molar-refractivity contribution in [1.82, 2.24) is 20.2 Å². The van der Waals surface area contributed by atoms with Crippen LogP contribution in [0.5, 0.6) is 11.5 Å². The lowest BCUT2D eigenvalue weighted by Crippen LogP contribution is -2.28. The lowest BCUT2D eigenvalue weighted by molar-refractivity contribution is 0.133. The molecule has 0 saturated carbocycles. The van der Waals surface area contributed by atoms with Gasteiger partial charge in [0, 0.05) is 35.6 Å². The molecule has 34 heavy (non-hydrogen) atoms. The van der Waals surface area contributed by atoms with Crippen molar-refractivity contribution in [2.45, 2.75) is 19.1 Å². The van der Waals surface area contributed by atoms with Gasteiger partial charge in [-0.2, -0.15) is 0 Å². The van der Waals surface area contributed by atoms with E-state index in [-0.39, 0.29) is 17.9 Å². The Labute approximate surface area is 197 Å². The second kappa shape index (κ2) is 9.52. The summed E-state index contributed by atoms with van der Waals surface area (Å²) in [4.78, 5) is 23.3. The molecule has 1 amide bonds. The molecule has 0 bridgehead atoms. The van der Waals surface area contributed by atoms with Gasteiger partial charge in [-0.05, 0) is 49.4 Å². The van der Waals surface area contributed by atoms with Crippen molar-refractivity contribution in [2.24, 2.45) is 0 Å². The second-order valence-electron chi connectivity index (χ2n) is 8.28. The zero-order valence-electron chi connectivity index (χ0n) is 18.9. The van der Waals surface area contributed by atoms with Crippen LogP contribution in [0.4, 0.5) is 4.79 Å². The Morgan fingerprint density at radius 3 is 3.00 bits per heavy atom. The van der Waals surface area contributed by atoms with Crippen molar-refractivity contribution >= 4 is 27.9 Å². The number of rotatable bonds is 8. The molecule has 2 aromatic carbocycles. The van der Waals surface area contributed by atoms with Gasteiger partial charge in [0.05, 0.1) is 24.9 Å². The first-order valence-corrected chi connectivity index (χ1v) is 11.3. The number of aromatic hydroxyl groups is 1. The predicted molar refractivity (Wildman–Crippen MR) is 129 cm³/mol. The molecular weight excluding hydrogens is 432 g/mol. The monoisotopic (exact) mass is 458 g/mol. The normalized spacial score (nSPS) is 15.7. The molecule has 1 atom stereocenters. The van der Waals surface area contributed by atoms with E-state index in [1.807, 2.05) is 42.5 Å². The first-order chi connectivity index (χ1) is 16.6. The first-order valence-electron chi connectivity index (χ1n) is 11.3. The van der Waals surface area contributed by atoms with Crippen LogP contribution in [-0.4, -0.2) is 52.8 Å². The third-order valence-corrected chi connectivity index (χ3v) is 6.04. The van der Waals surface area contributed by atoms with Crippen molar-refractivity contribution in [1.29, 1.82) is 0 Å². The molecule has 1 saturated heterocycles. The van der Waals surface area contributed by atoms with E-state index in [1.165, 1.54) is 0 Å². The van der Waals surface area contributed by atoms with Crippen LogP contribution in [0, 0.1) is 0 Å². The molecule has 4 aromatic rings. The first kappa shape index (κ1) is 21.9. The number of ether oxygens (including phenoxy) is 2. The van der Waals surface area contributed by atoms with Gasteiger partial charge < -0.3 is 24.8 Å². The minimum Gasteiger partial charge on any atom is -0.508 e. The zero-order valence-corrected chi connectivity index (χ0v) is 18.9. The highest BCUT2D eigenvalue weighted by Crippen LogP contribution is 2.33. The van der Waals surface area contributed by atoms with Crippen molar-refractivity contribution in [3.63, 3.8) is 0 Å². The average molecular weight is 459 g/mol. The Bertz CT molecular complexity index is 1340. The lowest BCUT2D eigenvalue weighted by atomic mass is 10.0. The largest absolute Gasteiger partial charge is 0.508 e. The number of amides is 1. The third kappa shape index (κ3) is 4.45. The van der Waals surface area contributed by atoms with Crippen LogP contribution < -0.4 is 10.1 Å². The maximum Gasteiger partial charge on any atom is 0.410 e. The highest BCUT2D eigenvalue weighted by molar-refractivity contribution is 5.88. The molecule has 0 unspecified atom stereocenters. The summed E-state index contributed by atoms with van der Waals surface area (Å²) >= 11 is 0. The quantitative estimate of drug-likeness (QED) is 0.383. The van der Waals surface area contributed by atoms with E-state index in [4.69, 9.17) is 9.47 Å². The van der Waals surface area contributed by atoms with E-state index in [2.05, 4.69) is 15.3 Å². The zero-order chi connectivity index (χ0) is 23.5. The standard InChI is InChI=1S/C26H26N4O4/c1-33-23-5-2-4-21-20(10-12-28-25(21)23)24-16-30(26(32)34-24)13-3-11-27-15-18-7-6-17-14-19(31)8-9-22(17)29-18/h2,4-10,12,14,24,27,31H,3,11,13,15-16H2,1H3/t24-/m0/s1. The molecule has 3 heterocycles. The van der Waals surface area contributed by atoms with Crippen molar-refractivity contribution in [2.75, 3.05) is 26.7 Å². The summed E-state index contributed by atoms with van der Waals surface area (Å²) < 4.78 is 11.1. The summed E-state index contributed by atoms with van der Waals surface area (Å²) in [5, 5.41) is 14.8. The topological polar surface area (TPSA) is 96.8 Å². The summed E-state index contributed by atoms with van der Waals surface area (Å²) in [6.45, 7) is 2.50. The molecular formula is C26H26N4O4. The van der Waals surface area contributed by atoms with E-state index < -0.39 is 0 Å². The third-order valence-electron chi connectivity index (χ3n) is 6.04. The summed E-state index contributed by atoms with van der Waals surface area (Å²) in [5.74, 6) is 0.936. The predicted octanol–water partition coefficient (Wildman–Crippen LogP) is 4.17. The Kier molecular flexibility index (Phi) is 6.14. The van der Waals surface area contributed by atoms with E-state index in [0.717, 1.165) is 46.0 Å². The van der Waals surface area contributed by atoms with Crippen LogP contribution in [-0.2, 0) is 11.3 Å². The van der Waals surface area contributed by atoms with Gasteiger partial charge in [0.15, 0.2) is 0 Å². The molecule has 5 rings (SSSR count). The number of pyridine rings is 2. The number of hydrogen-bond donors (Lipinski definition) is 2. The van der Waals surface area contributed by atoms with Crippen molar-refractivity contribution in [3.05, 3.63) is 72.1 Å². The number of nitrogens with one attached hydrogen (secondary N) is 1. The minimum atomic E-state index is -0.334. The minimum absolute atomic E-state index is 0.236. The van der Waals surface area contributed by atoms with Gasteiger partial charge in [-0.3, -0.25) is 9.97 Å². The Morgan fingerprint density at radius 1 is 1.21 bits per heavy atom. The van der Waals surface area contributed by atoms with E-state index in [0.29, 0.717) is 25.4 Å². The van der Waals surface area contributed by atoms with Gasteiger partial charge in [0.1, 0.15) is 23.1 Å². The average Bonchev–Trinajstić information content (AvgIpc) is 3.23. The molecule has 1 fully saturated rings. The second-order valence-corrected chi connectivity index (χ2v) is 8.28. The van der Waals surface area contributed by atoms with E-state index >= 15 is 0 Å². The number of phenols is 1. The fraction of sp³-hybridized carbons (Fsp3) is 0.269. The van der Waals surface area contributed by atoms with Crippen LogP contribution in [0.3, 0.4) is 0 Å². The van der Waals surface area contributed by atoms with Crippen molar-refractivity contribution in [3.8, 4) is 11.5 Å². The molecule has 8 nitrogen and oxygen atoms in total. The number of carbonyl (C=O) groups is 1. The lowest BCUT2D eigenvalue weighted by Gasteiger charge is -2.14. The molecule has 8 heteroatoms. The number of phenolic OH excluding ortho intramolecular Hbond substituents is 1. The number of cyclic esters (lactones) is 1. The molecule has 1 aliphatic rings. The number of hydrogen-bond acceptors (Lipinski definition) is 7. The number of nitrogens with zero attached hydrogens (tertiary/aromatic N) is 3. The number of methoxy groups -OCH3 is 1. The number of carbonyl (C=O) groups excluding carboxylic acids is 1. The number of para-hydroxylation sites is 1. The van der Waals surface area contributed by atoms with Gasteiger partial charge in [-0.1, -0.05) is 18.2 Å². The smallest absolute Gasteiger partial charge is 0.410 e. The van der Waals surface area contributed by atoms with E-state index in [9.17, 15) is 9.90 Å². The Hall–Kier alpha value is -3.91. The van der Waals surface area contributed by atoms with Crippen LogP contribution in [0.1, 0.15) is 23.8 Å². The molecule has 174 valence electrons. The highest BCUT2D eigenvalue weighted by Gasteiger charge is 2.33. The summed E-state index contributed by atoms with van der Waals surface area (Å²) in [5.41, 5.74) is 3.48. The number of aromatic nitrogens is 2. The Morgan fingerprint density at radius 2 is 2.12 bits per heavy atom. The molecule has 0 spiro atoms. The molecule has 2 N–H and O–H groups in total. The maximum absolute atomic E-state index is 12.5. The molecule has 1 aliphatic heterocycles. The maximum atomic E-state index is 12.5. The van der Waals surface area contributed by atoms with Crippen LogP contribution in [0.25, 0.3) is 21.8 Å². The van der Waals surface area contributed by atoms with Gasteiger partial charge in [-0.15, -0.1) is 0 Å². The summed E-state index contributed by atoms with van der Waals surface area (Å²) in [6.07, 6.45) is 1.90. The number of fused-ring (bicyclic) bond motifs is 2. The molecule has 0 aliphatic carbocycles. The van der Waals surface area contributed by atoms with Gasteiger partial charge in [-0.25, -0.2) is 4.79 Å². The van der Waals surface area contributed by atoms with Gasteiger partial charge in [0.2, 0.25) is 0 Å². The van der Waals surface area contributed by atoms with Crippen LogP contribution >= 0.6 is 0 Å². The SMILES string of the molecule is COc1cccc2c([C@@H]3CN(CCCNCc4ccc5cc(O)ccc5n4)C(=O)O3)ccnc12. The fourth-order valence-corrected chi connectivity index (χ4v) is 4.33. The molecule has 2 aromatic heterocycles. The summed E-state index contributed by atoms with van der Waals surface area (Å²) in [6, 6.07) is 16.7. The number of benzene rings is 2. The van der Waals surface area contributed by atoms with Crippen molar-refractivity contribution < 1.29 is 19.4 Å².